The van der Waals surface area contributed by atoms with Crippen LogP contribution in [0.2, 0.25) is 0 Å². The van der Waals surface area contributed by atoms with Crippen molar-refractivity contribution in [2.75, 3.05) is 6.61 Å². The predicted octanol–water partition coefficient (Wildman–Crippen LogP) is 4.06. The van der Waals surface area contributed by atoms with Crippen molar-refractivity contribution in [3.63, 3.8) is 0 Å². The smallest absolute Gasteiger partial charge is 0.459 e. The number of esters is 1. The van der Waals surface area contributed by atoms with Crippen LogP contribution in [0.15, 0.2) is 24.3 Å². The highest BCUT2D eigenvalue weighted by Gasteiger charge is 2.48. The fourth-order valence-corrected chi connectivity index (χ4v) is 2.59. The Morgan fingerprint density at radius 1 is 1.15 bits per heavy atom. The van der Waals surface area contributed by atoms with Gasteiger partial charge in [0.25, 0.3) is 0 Å². The van der Waals surface area contributed by atoms with Gasteiger partial charge in [-0.05, 0) is 44.0 Å². The van der Waals surface area contributed by atoms with Crippen molar-refractivity contribution in [2.45, 2.75) is 57.7 Å². The van der Waals surface area contributed by atoms with E-state index < -0.39 is 27.3 Å². The molecule has 154 valence electrons. The Balaban J connectivity index is 2.64. The van der Waals surface area contributed by atoms with Gasteiger partial charge in [0, 0.05) is 0 Å². The van der Waals surface area contributed by atoms with Gasteiger partial charge >= 0.3 is 21.6 Å². The molecule has 0 aliphatic rings. The fourth-order valence-electron chi connectivity index (χ4n) is 2.13. The molecule has 27 heavy (non-hydrogen) atoms. The van der Waals surface area contributed by atoms with Crippen LogP contribution in [-0.4, -0.2) is 38.7 Å². The van der Waals surface area contributed by atoms with E-state index in [1.54, 1.807) is 0 Å². The zero-order chi connectivity index (χ0) is 20.7. The topological polar surface area (TPSA) is 78.9 Å². The Labute approximate surface area is 156 Å². The van der Waals surface area contributed by atoms with Gasteiger partial charge in [-0.25, -0.2) is 4.79 Å². The molecule has 0 saturated carbocycles. The molecule has 0 heterocycles. The summed E-state index contributed by atoms with van der Waals surface area (Å²) in [5.74, 6) is -1.27. The minimum Gasteiger partial charge on any atom is -0.459 e. The highest BCUT2D eigenvalue weighted by Crippen LogP contribution is 2.27. The molecule has 1 aromatic carbocycles. The number of hydrogen-bond donors (Lipinski definition) is 0. The number of carbonyl (C=O) groups is 1. The van der Waals surface area contributed by atoms with Crippen molar-refractivity contribution in [2.24, 2.45) is 0 Å². The van der Waals surface area contributed by atoms with Gasteiger partial charge in [0.05, 0.1) is 17.8 Å². The first kappa shape index (κ1) is 23.2. The molecule has 0 amide bonds. The summed E-state index contributed by atoms with van der Waals surface area (Å²) < 4.78 is 73.6. The van der Waals surface area contributed by atoms with E-state index in [1.165, 1.54) is 0 Å². The molecule has 0 spiro atoms. The van der Waals surface area contributed by atoms with Crippen molar-refractivity contribution >= 4 is 16.1 Å². The normalized spacial score (nSPS) is 14.4. The molecule has 0 radical (unpaired) electrons. The molecule has 0 aliphatic heterocycles. The van der Waals surface area contributed by atoms with E-state index in [0.717, 1.165) is 37.1 Å². The lowest BCUT2D eigenvalue weighted by Crippen LogP contribution is -2.28. The first-order valence-electron chi connectivity index (χ1n) is 8.43. The van der Waals surface area contributed by atoms with E-state index >= 15 is 0 Å². The van der Waals surface area contributed by atoms with Crippen LogP contribution < -0.4 is 4.18 Å². The maximum atomic E-state index is 12.3. The van der Waals surface area contributed by atoms with Gasteiger partial charge in [-0.1, -0.05) is 20.3 Å². The highest BCUT2D eigenvalue weighted by atomic mass is 32.2. The molecule has 0 aromatic heterocycles. The lowest BCUT2D eigenvalue weighted by molar-refractivity contribution is -0.0500. The highest BCUT2D eigenvalue weighted by molar-refractivity contribution is 7.88. The van der Waals surface area contributed by atoms with Crippen LogP contribution in [0.5, 0.6) is 5.75 Å². The minimum absolute atomic E-state index is 0.0318. The Hall–Kier alpha value is -1.81. The molecule has 1 rings (SSSR count). The van der Waals surface area contributed by atoms with Crippen LogP contribution in [0, 0.1) is 0 Å². The Bertz CT molecular complexity index is 700. The second-order valence-electron chi connectivity index (χ2n) is 5.87. The predicted molar refractivity (Wildman–Crippen MR) is 91.9 cm³/mol. The summed E-state index contributed by atoms with van der Waals surface area (Å²) in [6.07, 6.45) is 2.26. The molecule has 6 nitrogen and oxygen atoms in total. The van der Waals surface area contributed by atoms with Crippen LogP contribution in [0.3, 0.4) is 0 Å². The number of benzene rings is 1. The van der Waals surface area contributed by atoms with Gasteiger partial charge in [0.1, 0.15) is 12.4 Å². The molecular weight excluding hydrogens is 389 g/mol. The quantitative estimate of drug-likeness (QED) is 0.328. The van der Waals surface area contributed by atoms with E-state index in [1.807, 2.05) is 20.8 Å². The lowest BCUT2D eigenvalue weighted by atomic mass is 10.2. The third-order valence-electron chi connectivity index (χ3n) is 3.56. The lowest BCUT2D eigenvalue weighted by Gasteiger charge is -2.21. The molecule has 0 bridgehead atoms. The second kappa shape index (κ2) is 9.93. The molecule has 10 heteroatoms. The van der Waals surface area contributed by atoms with Crippen molar-refractivity contribution in [1.29, 1.82) is 0 Å². The van der Waals surface area contributed by atoms with Crippen LogP contribution in [0.1, 0.15) is 50.4 Å². The average molecular weight is 412 g/mol. The first-order chi connectivity index (χ1) is 12.5. The number of rotatable bonds is 10. The fraction of sp³-hybridized carbons (Fsp3) is 0.588. The SMILES string of the molecule is CCCC(C)O[C@@H](CC)COC(=O)c1ccc(OS(=O)(=O)C(F)(F)F)cc1. The number of halogens is 3. The van der Waals surface area contributed by atoms with Gasteiger partial charge in [-0.3, -0.25) is 0 Å². The largest absolute Gasteiger partial charge is 0.534 e. The molecular formula is C17H23F3O6S. The molecule has 1 unspecified atom stereocenters. The summed E-state index contributed by atoms with van der Waals surface area (Å²) in [7, 11) is -5.76. The molecule has 0 fully saturated rings. The van der Waals surface area contributed by atoms with Crippen molar-refractivity contribution in [3.8, 4) is 5.75 Å². The third kappa shape index (κ3) is 7.37. The van der Waals surface area contributed by atoms with Crippen LogP contribution in [0.25, 0.3) is 0 Å². The number of alkyl halides is 3. The van der Waals surface area contributed by atoms with Gasteiger partial charge in [-0.15, -0.1) is 0 Å². The second-order valence-corrected chi connectivity index (χ2v) is 7.41. The summed E-state index contributed by atoms with van der Waals surface area (Å²) in [4.78, 5) is 12.0. The van der Waals surface area contributed by atoms with Crippen molar-refractivity contribution in [1.82, 2.24) is 0 Å². The van der Waals surface area contributed by atoms with E-state index in [2.05, 4.69) is 4.18 Å². The Morgan fingerprint density at radius 3 is 2.22 bits per heavy atom. The molecule has 0 aliphatic carbocycles. The number of hydrogen-bond acceptors (Lipinski definition) is 6. The van der Waals surface area contributed by atoms with Crippen LogP contribution in [0.4, 0.5) is 13.2 Å². The van der Waals surface area contributed by atoms with Crippen LogP contribution in [-0.2, 0) is 19.6 Å². The maximum absolute atomic E-state index is 12.3. The molecule has 1 aromatic rings. The van der Waals surface area contributed by atoms with Gasteiger partial charge in [0.2, 0.25) is 0 Å². The average Bonchev–Trinajstić information content (AvgIpc) is 2.57. The summed E-state index contributed by atoms with van der Waals surface area (Å²) in [5.41, 5.74) is -5.49. The third-order valence-corrected chi connectivity index (χ3v) is 4.53. The Morgan fingerprint density at radius 2 is 1.74 bits per heavy atom. The van der Waals surface area contributed by atoms with E-state index in [9.17, 15) is 26.4 Å². The summed E-state index contributed by atoms with van der Waals surface area (Å²) in [5, 5.41) is 0. The number of ether oxygens (including phenoxy) is 2. The van der Waals surface area contributed by atoms with Crippen molar-refractivity contribution < 1.29 is 40.0 Å². The summed E-state index contributed by atoms with van der Waals surface area (Å²) in [6, 6.07) is 4.12. The molecule has 2 atom stereocenters. The van der Waals surface area contributed by atoms with Crippen LogP contribution >= 0.6 is 0 Å². The summed E-state index contributed by atoms with van der Waals surface area (Å²) >= 11 is 0. The Kier molecular flexibility index (Phi) is 8.55. The first-order valence-corrected chi connectivity index (χ1v) is 9.84. The van der Waals surface area contributed by atoms with E-state index in [4.69, 9.17) is 9.47 Å². The van der Waals surface area contributed by atoms with Gasteiger partial charge in [0.15, 0.2) is 0 Å². The summed E-state index contributed by atoms with van der Waals surface area (Å²) in [6.45, 7) is 5.89. The van der Waals surface area contributed by atoms with Gasteiger partial charge in [-0.2, -0.15) is 21.6 Å². The maximum Gasteiger partial charge on any atom is 0.534 e. The standard InChI is InChI=1S/C17H23F3O6S/c1-4-6-12(3)25-14(5-2)11-24-16(21)13-7-9-15(10-8-13)26-27(22,23)17(18,19)20/h7-10,12,14H,4-6,11H2,1-3H3/t12?,14-/m0/s1. The molecule has 0 N–H and O–H groups in total. The van der Waals surface area contributed by atoms with Gasteiger partial charge < -0.3 is 13.7 Å². The minimum atomic E-state index is -5.76. The molecule has 0 saturated heterocycles. The van der Waals surface area contributed by atoms with Crippen molar-refractivity contribution in [3.05, 3.63) is 29.8 Å². The van der Waals surface area contributed by atoms with E-state index in [-0.39, 0.29) is 24.4 Å². The monoisotopic (exact) mass is 412 g/mol. The number of carbonyl (C=O) groups excluding carboxylic acids is 1. The zero-order valence-corrected chi connectivity index (χ0v) is 16.1. The zero-order valence-electron chi connectivity index (χ0n) is 15.3. The van der Waals surface area contributed by atoms with E-state index in [0.29, 0.717) is 6.42 Å².